The molecule has 17 heavy (non-hydrogen) atoms. The predicted octanol–water partition coefficient (Wildman–Crippen LogP) is 4.18. The monoisotopic (exact) mass is 269 g/mol. The number of benzene rings is 2. The molecule has 0 aliphatic rings. The maximum Gasteiger partial charge on any atom is 0.141 e. The summed E-state index contributed by atoms with van der Waals surface area (Å²) in [6, 6.07) is 11.3. The highest BCUT2D eigenvalue weighted by molar-refractivity contribution is 6.31. The molecule has 0 bridgehead atoms. The van der Waals surface area contributed by atoms with Crippen LogP contribution in [0.4, 0.5) is 4.39 Å². The second-order valence-electron chi connectivity index (χ2n) is 3.67. The van der Waals surface area contributed by atoms with Crippen LogP contribution >= 0.6 is 23.2 Å². The van der Waals surface area contributed by atoms with Crippen LogP contribution < -0.4 is 5.73 Å². The van der Waals surface area contributed by atoms with Gasteiger partial charge in [0.2, 0.25) is 0 Å². The minimum absolute atomic E-state index is 0.0602. The third kappa shape index (κ3) is 2.60. The Morgan fingerprint density at radius 2 is 1.71 bits per heavy atom. The summed E-state index contributed by atoms with van der Waals surface area (Å²) in [7, 11) is 0. The van der Waals surface area contributed by atoms with E-state index in [2.05, 4.69) is 0 Å². The van der Waals surface area contributed by atoms with Crippen LogP contribution in [0.1, 0.15) is 17.2 Å². The molecule has 1 atom stereocenters. The van der Waals surface area contributed by atoms with Crippen molar-refractivity contribution in [1.29, 1.82) is 0 Å². The smallest absolute Gasteiger partial charge is 0.141 e. The van der Waals surface area contributed by atoms with Crippen molar-refractivity contribution in [3.63, 3.8) is 0 Å². The lowest BCUT2D eigenvalue weighted by molar-refractivity contribution is 0.627. The van der Waals surface area contributed by atoms with E-state index >= 15 is 0 Å². The number of rotatable bonds is 2. The van der Waals surface area contributed by atoms with E-state index < -0.39 is 11.9 Å². The molecule has 1 nitrogen and oxygen atoms in total. The Kier molecular flexibility index (Phi) is 3.67. The third-order valence-corrected chi connectivity index (χ3v) is 3.18. The van der Waals surface area contributed by atoms with Gasteiger partial charge in [-0.15, -0.1) is 0 Å². The highest BCUT2D eigenvalue weighted by Gasteiger charge is 2.13. The lowest BCUT2D eigenvalue weighted by atomic mass is 10.00. The van der Waals surface area contributed by atoms with Crippen LogP contribution in [0.15, 0.2) is 42.5 Å². The van der Waals surface area contributed by atoms with Crippen molar-refractivity contribution in [1.82, 2.24) is 0 Å². The quantitative estimate of drug-likeness (QED) is 0.870. The van der Waals surface area contributed by atoms with Crippen LogP contribution in [0.2, 0.25) is 10.0 Å². The molecule has 4 heteroatoms. The van der Waals surface area contributed by atoms with E-state index in [0.29, 0.717) is 5.02 Å². The summed E-state index contributed by atoms with van der Waals surface area (Å²) in [5.41, 5.74) is 7.59. The van der Waals surface area contributed by atoms with Gasteiger partial charge in [-0.3, -0.25) is 0 Å². The summed E-state index contributed by atoms with van der Waals surface area (Å²) >= 11 is 11.8. The van der Waals surface area contributed by atoms with Gasteiger partial charge in [0.1, 0.15) is 5.82 Å². The van der Waals surface area contributed by atoms with E-state index in [4.69, 9.17) is 28.9 Å². The minimum Gasteiger partial charge on any atom is -0.320 e. The van der Waals surface area contributed by atoms with Crippen molar-refractivity contribution in [2.24, 2.45) is 5.73 Å². The Labute approximate surface area is 109 Å². The van der Waals surface area contributed by atoms with Gasteiger partial charge in [-0.05, 0) is 29.3 Å². The van der Waals surface area contributed by atoms with E-state index in [1.807, 2.05) is 18.2 Å². The number of halogens is 3. The summed E-state index contributed by atoms with van der Waals surface area (Å²) in [4.78, 5) is 0. The molecule has 0 aromatic heterocycles. The lowest BCUT2D eigenvalue weighted by Crippen LogP contribution is -2.12. The molecule has 2 rings (SSSR count). The van der Waals surface area contributed by atoms with Crippen LogP contribution in [0.25, 0.3) is 0 Å². The molecule has 88 valence electrons. The zero-order valence-corrected chi connectivity index (χ0v) is 10.3. The van der Waals surface area contributed by atoms with Gasteiger partial charge in [-0.1, -0.05) is 47.5 Å². The molecular formula is C13H10Cl2FN. The van der Waals surface area contributed by atoms with Crippen LogP contribution in [0.5, 0.6) is 0 Å². The molecule has 0 heterocycles. The highest BCUT2D eigenvalue weighted by Crippen LogP contribution is 2.28. The van der Waals surface area contributed by atoms with Crippen LogP contribution in [0, 0.1) is 5.82 Å². The van der Waals surface area contributed by atoms with Crippen molar-refractivity contribution in [3.05, 3.63) is 69.5 Å². The van der Waals surface area contributed by atoms with Crippen molar-refractivity contribution in [2.45, 2.75) is 6.04 Å². The second kappa shape index (κ2) is 5.05. The van der Waals surface area contributed by atoms with Gasteiger partial charge in [0, 0.05) is 5.02 Å². The molecule has 0 aliphatic carbocycles. The van der Waals surface area contributed by atoms with E-state index in [-0.39, 0.29) is 5.02 Å². The Balaban J connectivity index is 2.40. The van der Waals surface area contributed by atoms with Gasteiger partial charge in [0.15, 0.2) is 0 Å². The average Bonchev–Trinajstić information content (AvgIpc) is 2.32. The molecule has 0 saturated carbocycles. The van der Waals surface area contributed by atoms with E-state index in [9.17, 15) is 4.39 Å². The summed E-state index contributed by atoms with van der Waals surface area (Å²) in [5, 5.41) is 0.644. The molecule has 0 radical (unpaired) electrons. The fraction of sp³-hybridized carbons (Fsp3) is 0.0769. The number of hydrogen-bond acceptors (Lipinski definition) is 1. The summed E-state index contributed by atoms with van der Waals surface area (Å²) in [6.07, 6.45) is 0. The summed E-state index contributed by atoms with van der Waals surface area (Å²) in [6.45, 7) is 0. The molecule has 2 aromatic carbocycles. The zero-order chi connectivity index (χ0) is 12.4. The van der Waals surface area contributed by atoms with E-state index in [0.717, 1.165) is 11.1 Å². The molecular weight excluding hydrogens is 260 g/mol. The minimum atomic E-state index is -0.457. The van der Waals surface area contributed by atoms with E-state index in [1.54, 1.807) is 12.1 Å². The van der Waals surface area contributed by atoms with Gasteiger partial charge in [0.25, 0.3) is 0 Å². The lowest BCUT2D eigenvalue weighted by Gasteiger charge is -2.14. The molecule has 0 amide bonds. The fourth-order valence-corrected chi connectivity index (χ4v) is 2.05. The first-order chi connectivity index (χ1) is 8.09. The average molecular weight is 270 g/mol. The fourth-order valence-electron chi connectivity index (χ4n) is 1.61. The van der Waals surface area contributed by atoms with Crippen molar-refractivity contribution >= 4 is 23.2 Å². The highest BCUT2D eigenvalue weighted by atomic mass is 35.5. The van der Waals surface area contributed by atoms with Crippen molar-refractivity contribution in [2.75, 3.05) is 0 Å². The second-order valence-corrected chi connectivity index (χ2v) is 4.49. The Hall–Kier alpha value is -1.09. The summed E-state index contributed by atoms with van der Waals surface area (Å²) in [5.74, 6) is -0.457. The molecule has 2 N–H and O–H groups in total. The first-order valence-electron chi connectivity index (χ1n) is 5.04. The van der Waals surface area contributed by atoms with Gasteiger partial charge in [-0.2, -0.15) is 0 Å². The molecule has 2 aromatic rings. The van der Waals surface area contributed by atoms with Gasteiger partial charge >= 0.3 is 0 Å². The third-order valence-electron chi connectivity index (χ3n) is 2.54. The number of hydrogen-bond donors (Lipinski definition) is 1. The number of nitrogens with two attached hydrogens (primary N) is 1. The van der Waals surface area contributed by atoms with Crippen molar-refractivity contribution < 1.29 is 4.39 Å². The molecule has 0 spiro atoms. The van der Waals surface area contributed by atoms with Crippen molar-refractivity contribution in [3.8, 4) is 0 Å². The first-order valence-corrected chi connectivity index (χ1v) is 5.80. The normalized spacial score (nSPS) is 12.5. The first kappa shape index (κ1) is 12.4. The predicted molar refractivity (Wildman–Crippen MR) is 68.9 cm³/mol. The van der Waals surface area contributed by atoms with Crippen LogP contribution in [0.3, 0.4) is 0 Å². The Bertz CT molecular complexity index is 543. The molecule has 0 aliphatic heterocycles. The summed E-state index contributed by atoms with van der Waals surface area (Å²) < 4.78 is 13.0. The zero-order valence-electron chi connectivity index (χ0n) is 8.83. The largest absolute Gasteiger partial charge is 0.320 e. The molecule has 0 fully saturated rings. The standard InChI is InChI=1S/C13H10Cl2FN/c14-10-4-2-1-3-9(10)13(17)8-5-6-12(16)11(15)7-8/h1-7,13H,17H2. The maximum absolute atomic E-state index is 13.0. The Morgan fingerprint density at radius 1 is 1.00 bits per heavy atom. The topological polar surface area (TPSA) is 26.0 Å². The van der Waals surface area contributed by atoms with Crippen LogP contribution in [-0.2, 0) is 0 Å². The van der Waals surface area contributed by atoms with Gasteiger partial charge in [-0.25, -0.2) is 4.39 Å². The Morgan fingerprint density at radius 3 is 2.35 bits per heavy atom. The maximum atomic E-state index is 13.0. The SMILES string of the molecule is NC(c1ccc(F)c(Cl)c1)c1ccccc1Cl. The van der Waals surface area contributed by atoms with Gasteiger partial charge < -0.3 is 5.73 Å². The molecule has 1 unspecified atom stereocenters. The van der Waals surface area contributed by atoms with Crippen LogP contribution in [-0.4, -0.2) is 0 Å². The van der Waals surface area contributed by atoms with E-state index in [1.165, 1.54) is 12.1 Å². The molecule has 0 saturated heterocycles. The van der Waals surface area contributed by atoms with Gasteiger partial charge in [0.05, 0.1) is 11.1 Å².